The second kappa shape index (κ2) is 13.1. The van der Waals surface area contributed by atoms with E-state index in [0.717, 1.165) is 22.3 Å². The largest absolute Gasteiger partial charge is 0.444 e. The van der Waals surface area contributed by atoms with Gasteiger partial charge in [-0.1, -0.05) is 84.9 Å². The molecule has 0 unspecified atom stereocenters. The number of alkyl carbamates (subject to hydrolysis) is 1. The Kier molecular flexibility index (Phi) is 9.61. The number of fused-ring (bicyclic) bond motifs is 1. The number of amides is 2. The molecule has 3 aromatic carbocycles. The molecule has 1 aliphatic rings. The monoisotopic (exact) mass is 544 g/mol. The molecule has 0 fully saturated rings. The van der Waals surface area contributed by atoms with E-state index in [4.69, 9.17) is 4.74 Å². The Morgan fingerprint density at radius 3 is 2.10 bits per heavy atom. The molecule has 212 valence electrons. The molecular weight excluding hydrogens is 504 g/mol. The van der Waals surface area contributed by atoms with Crippen LogP contribution in [0.3, 0.4) is 0 Å². The average molecular weight is 545 g/mol. The van der Waals surface area contributed by atoms with Crippen LogP contribution >= 0.6 is 0 Å². The van der Waals surface area contributed by atoms with Crippen molar-refractivity contribution in [3.05, 3.63) is 107 Å². The lowest BCUT2D eigenvalue weighted by Gasteiger charge is -2.29. The molecule has 1 aliphatic carbocycles. The zero-order valence-corrected chi connectivity index (χ0v) is 23.4. The normalized spacial score (nSPS) is 18.7. The first-order valence-corrected chi connectivity index (χ1v) is 13.9. The minimum absolute atomic E-state index is 0.110. The molecule has 7 nitrogen and oxygen atoms in total. The molecule has 0 aliphatic heterocycles. The Morgan fingerprint density at radius 1 is 0.900 bits per heavy atom. The molecule has 4 N–H and O–H groups in total. The fourth-order valence-corrected chi connectivity index (χ4v) is 5.27. The van der Waals surface area contributed by atoms with Gasteiger partial charge in [-0.3, -0.25) is 4.79 Å². The third-order valence-corrected chi connectivity index (χ3v) is 7.19. The maximum absolute atomic E-state index is 13.7. The summed E-state index contributed by atoms with van der Waals surface area (Å²) in [5.41, 5.74) is 3.14. The number of benzene rings is 3. The third kappa shape index (κ3) is 8.16. The van der Waals surface area contributed by atoms with E-state index in [9.17, 15) is 19.8 Å². The Morgan fingerprint density at radius 2 is 1.48 bits per heavy atom. The van der Waals surface area contributed by atoms with E-state index in [1.807, 2.05) is 84.9 Å². The molecule has 0 heterocycles. The predicted octanol–water partition coefficient (Wildman–Crippen LogP) is 4.51. The fourth-order valence-electron chi connectivity index (χ4n) is 5.27. The van der Waals surface area contributed by atoms with Crippen molar-refractivity contribution in [2.24, 2.45) is 5.92 Å². The van der Waals surface area contributed by atoms with Gasteiger partial charge in [-0.15, -0.1) is 0 Å². The van der Waals surface area contributed by atoms with Crippen LogP contribution in [0, 0.1) is 5.92 Å². The van der Waals surface area contributed by atoms with E-state index in [0.29, 0.717) is 19.3 Å². The van der Waals surface area contributed by atoms with Gasteiger partial charge < -0.3 is 25.6 Å². The molecule has 2 amide bonds. The van der Waals surface area contributed by atoms with Crippen LogP contribution in [-0.2, 0) is 28.8 Å². The number of aliphatic hydroxyl groups excluding tert-OH is 2. The van der Waals surface area contributed by atoms with E-state index < -0.39 is 41.9 Å². The Labute approximate surface area is 236 Å². The molecule has 0 aromatic heterocycles. The van der Waals surface area contributed by atoms with Crippen LogP contribution in [-0.4, -0.2) is 46.1 Å². The van der Waals surface area contributed by atoms with Crippen LogP contribution in [0.4, 0.5) is 4.79 Å². The highest BCUT2D eigenvalue weighted by Gasteiger charge is 2.35. The van der Waals surface area contributed by atoms with Crippen molar-refractivity contribution < 1.29 is 24.5 Å². The second-order valence-corrected chi connectivity index (χ2v) is 11.6. The van der Waals surface area contributed by atoms with Gasteiger partial charge in [-0.2, -0.15) is 0 Å². The number of aliphatic hydroxyl groups is 2. The lowest BCUT2D eigenvalue weighted by Crippen LogP contribution is -2.48. The summed E-state index contributed by atoms with van der Waals surface area (Å²) < 4.78 is 5.47. The van der Waals surface area contributed by atoms with Crippen molar-refractivity contribution in [1.29, 1.82) is 0 Å². The van der Waals surface area contributed by atoms with E-state index >= 15 is 0 Å². The number of carbonyl (C=O) groups excluding carboxylic acids is 2. The third-order valence-electron chi connectivity index (χ3n) is 7.19. The van der Waals surface area contributed by atoms with Crippen molar-refractivity contribution in [2.45, 2.75) is 76.3 Å². The average Bonchev–Trinajstić information content (AvgIpc) is 3.22. The summed E-state index contributed by atoms with van der Waals surface area (Å²) in [6.45, 7) is 5.35. The molecule has 40 heavy (non-hydrogen) atoms. The van der Waals surface area contributed by atoms with Crippen molar-refractivity contribution in [3.8, 4) is 0 Å². The van der Waals surface area contributed by atoms with Gasteiger partial charge in [0.05, 0.1) is 24.3 Å². The Hall–Kier alpha value is -3.68. The standard InChI is InChI=1S/C33H40N2O5/c1-33(2,3)40-32(39)34-27(19-23-14-8-5-9-15-23)28(36)21-25(18-22-12-6-4-7-13-22)31(38)35-30-26-17-11-10-16-24(26)20-29(30)37/h4-17,25,27-30,36-37H,18-21H2,1-3H3,(H,34,39)(H,35,38)/t25-,27-,28-,29-,30-/m0/s1. The number of nitrogens with one attached hydrogen (secondary N) is 2. The quantitative estimate of drug-likeness (QED) is 0.301. The number of ether oxygens (including phenoxy) is 1. The van der Waals surface area contributed by atoms with E-state index in [2.05, 4.69) is 10.6 Å². The summed E-state index contributed by atoms with van der Waals surface area (Å²) in [5.74, 6) is -0.851. The Bertz CT molecular complexity index is 1260. The van der Waals surface area contributed by atoms with Gasteiger partial charge in [-0.25, -0.2) is 4.79 Å². The van der Waals surface area contributed by atoms with Crippen molar-refractivity contribution in [2.75, 3.05) is 0 Å². The highest BCUT2D eigenvalue weighted by molar-refractivity contribution is 5.80. The molecule has 3 aromatic rings. The van der Waals surface area contributed by atoms with Crippen LogP contribution in [0.2, 0.25) is 0 Å². The number of hydrogen-bond donors (Lipinski definition) is 4. The Balaban J connectivity index is 1.54. The molecule has 0 bridgehead atoms. The topological polar surface area (TPSA) is 108 Å². The summed E-state index contributed by atoms with van der Waals surface area (Å²) >= 11 is 0. The zero-order valence-electron chi connectivity index (χ0n) is 23.4. The van der Waals surface area contributed by atoms with E-state index in [1.165, 1.54) is 0 Å². The molecule has 0 saturated carbocycles. The molecule has 0 spiro atoms. The number of carbonyl (C=O) groups is 2. The van der Waals surface area contributed by atoms with E-state index in [1.54, 1.807) is 20.8 Å². The summed E-state index contributed by atoms with van der Waals surface area (Å²) in [4.78, 5) is 26.4. The molecule has 0 saturated heterocycles. The summed E-state index contributed by atoms with van der Waals surface area (Å²) in [7, 11) is 0. The molecule has 5 atom stereocenters. The van der Waals surface area contributed by atoms with Crippen molar-refractivity contribution in [1.82, 2.24) is 10.6 Å². The van der Waals surface area contributed by atoms with Crippen LogP contribution in [0.5, 0.6) is 0 Å². The summed E-state index contributed by atoms with van der Waals surface area (Å²) in [6, 6.07) is 25.8. The smallest absolute Gasteiger partial charge is 0.407 e. The lowest BCUT2D eigenvalue weighted by atomic mass is 9.88. The first-order valence-electron chi connectivity index (χ1n) is 13.9. The second-order valence-electron chi connectivity index (χ2n) is 11.6. The van der Waals surface area contributed by atoms with Gasteiger partial charge in [0.2, 0.25) is 5.91 Å². The SMILES string of the molecule is CC(C)(C)OC(=O)N[C@@H](Cc1ccccc1)[C@@H](O)C[C@H](Cc1ccccc1)C(=O)N[C@H]1c2ccccc2C[C@@H]1O. The van der Waals surface area contributed by atoms with Gasteiger partial charge in [0.15, 0.2) is 0 Å². The first kappa shape index (κ1) is 29.3. The van der Waals surface area contributed by atoms with Gasteiger partial charge in [0.1, 0.15) is 5.60 Å². The van der Waals surface area contributed by atoms with Crippen molar-refractivity contribution >= 4 is 12.0 Å². The first-order chi connectivity index (χ1) is 19.1. The maximum atomic E-state index is 13.7. The number of hydrogen-bond acceptors (Lipinski definition) is 5. The summed E-state index contributed by atoms with van der Waals surface area (Å²) in [5, 5.41) is 28.1. The molecular formula is C33H40N2O5. The summed E-state index contributed by atoms with van der Waals surface area (Å²) in [6.07, 6.45) is -1.02. The van der Waals surface area contributed by atoms with Gasteiger partial charge >= 0.3 is 6.09 Å². The highest BCUT2D eigenvalue weighted by Crippen LogP contribution is 2.32. The van der Waals surface area contributed by atoms with Crippen LogP contribution in [0.15, 0.2) is 84.9 Å². The zero-order chi connectivity index (χ0) is 28.7. The molecule has 7 heteroatoms. The molecule has 0 radical (unpaired) electrons. The van der Waals surface area contributed by atoms with Gasteiger partial charge in [0.25, 0.3) is 0 Å². The minimum Gasteiger partial charge on any atom is -0.444 e. The van der Waals surface area contributed by atoms with Crippen molar-refractivity contribution in [3.63, 3.8) is 0 Å². The lowest BCUT2D eigenvalue weighted by molar-refractivity contribution is -0.127. The molecule has 4 rings (SSSR count). The van der Waals surface area contributed by atoms with Crippen LogP contribution in [0.1, 0.15) is 55.5 Å². The fraction of sp³-hybridized carbons (Fsp3) is 0.394. The van der Waals surface area contributed by atoms with E-state index in [-0.39, 0.29) is 12.3 Å². The maximum Gasteiger partial charge on any atom is 0.407 e. The van der Waals surface area contributed by atoms with Crippen LogP contribution in [0.25, 0.3) is 0 Å². The highest BCUT2D eigenvalue weighted by atomic mass is 16.6. The van der Waals surface area contributed by atoms with Gasteiger partial charge in [0, 0.05) is 12.3 Å². The van der Waals surface area contributed by atoms with Gasteiger partial charge in [-0.05, 0) is 62.3 Å². The number of rotatable bonds is 10. The predicted molar refractivity (Wildman–Crippen MR) is 155 cm³/mol. The van der Waals surface area contributed by atoms with Crippen LogP contribution < -0.4 is 10.6 Å². The minimum atomic E-state index is -1.03.